The number of benzene rings is 1. The summed E-state index contributed by atoms with van der Waals surface area (Å²) in [5, 5.41) is 10.4. The number of hydrogen-bond donors (Lipinski definition) is 1. The molecule has 1 aromatic heterocycles. The largest absolute Gasteiger partial charge is 0.481 e. The Morgan fingerprint density at radius 2 is 2.05 bits per heavy atom. The molecule has 1 heterocycles. The van der Waals surface area contributed by atoms with Crippen LogP contribution in [0.2, 0.25) is 0 Å². The number of methoxy groups -OCH3 is 1. The van der Waals surface area contributed by atoms with Crippen LogP contribution in [0.4, 0.5) is 0 Å². The van der Waals surface area contributed by atoms with E-state index in [4.69, 9.17) is 4.74 Å². The van der Waals surface area contributed by atoms with E-state index in [1.54, 1.807) is 19.4 Å². The lowest BCUT2D eigenvalue weighted by molar-refractivity contribution is 0.219. The molecule has 0 aliphatic carbocycles. The summed E-state index contributed by atoms with van der Waals surface area (Å²) in [4.78, 5) is 4.12. The van der Waals surface area contributed by atoms with Crippen LogP contribution in [0.5, 0.6) is 5.88 Å². The van der Waals surface area contributed by atoms with Gasteiger partial charge in [-0.25, -0.2) is 4.98 Å². The molecule has 0 saturated carbocycles. The normalized spacial score (nSPS) is 12.2. The second-order valence-corrected chi connectivity index (χ2v) is 4.53. The fourth-order valence-electron chi connectivity index (χ4n) is 2.07. The fraction of sp³-hybridized carbons (Fsp3) is 0.312. The second-order valence-electron chi connectivity index (χ2n) is 4.53. The zero-order chi connectivity index (χ0) is 13.7. The quantitative estimate of drug-likeness (QED) is 0.894. The van der Waals surface area contributed by atoms with E-state index in [9.17, 15) is 5.11 Å². The maximum atomic E-state index is 10.4. The molecule has 0 amide bonds. The molecule has 0 aliphatic rings. The molecule has 1 atom stereocenters. The molecule has 0 spiro atoms. The van der Waals surface area contributed by atoms with Crippen LogP contribution in [0.15, 0.2) is 42.6 Å². The van der Waals surface area contributed by atoms with Gasteiger partial charge in [-0.15, -0.1) is 0 Å². The monoisotopic (exact) mass is 257 g/mol. The number of nitrogens with zero attached hydrogens (tertiary/aromatic N) is 1. The molecule has 0 fully saturated rings. The zero-order valence-corrected chi connectivity index (χ0v) is 11.3. The number of aromatic nitrogens is 1. The second kappa shape index (κ2) is 6.34. The maximum Gasteiger partial charge on any atom is 0.212 e. The molecule has 2 aromatic rings. The molecule has 19 heavy (non-hydrogen) atoms. The van der Waals surface area contributed by atoms with Gasteiger partial charge in [0.05, 0.1) is 7.11 Å². The Labute approximate surface area is 113 Å². The Bertz CT molecular complexity index is 523. The number of rotatable bonds is 5. The van der Waals surface area contributed by atoms with Gasteiger partial charge in [-0.2, -0.15) is 0 Å². The summed E-state index contributed by atoms with van der Waals surface area (Å²) in [5.74, 6) is 0.552. The van der Waals surface area contributed by atoms with Gasteiger partial charge >= 0.3 is 0 Å². The number of aliphatic hydroxyl groups excluding tert-OH is 1. The number of pyridine rings is 1. The van der Waals surface area contributed by atoms with Gasteiger partial charge in [0.15, 0.2) is 0 Å². The maximum absolute atomic E-state index is 10.4. The lowest BCUT2D eigenvalue weighted by Crippen LogP contribution is -2.01. The van der Waals surface area contributed by atoms with Crippen molar-refractivity contribution in [2.24, 2.45) is 0 Å². The van der Waals surface area contributed by atoms with E-state index in [1.807, 2.05) is 18.2 Å². The molecule has 0 saturated heterocycles. The van der Waals surface area contributed by atoms with E-state index in [1.165, 1.54) is 5.56 Å². The first-order valence-electron chi connectivity index (χ1n) is 6.51. The summed E-state index contributed by atoms with van der Waals surface area (Å²) >= 11 is 0. The smallest absolute Gasteiger partial charge is 0.212 e. The molecule has 2 rings (SSSR count). The highest BCUT2D eigenvalue weighted by atomic mass is 16.5. The van der Waals surface area contributed by atoms with Crippen molar-refractivity contribution >= 4 is 0 Å². The Kier molecular flexibility index (Phi) is 4.53. The van der Waals surface area contributed by atoms with Crippen LogP contribution in [0.1, 0.15) is 36.1 Å². The van der Waals surface area contributed by atoms with Gasteiger partial charge in [-0.05, 0) is 23.6 Å². The summed E-state index contributed by atoms with van der Waals surface area (Å²) in [6.07, 6.45) is 3.14. The van der Waals surface area contributed by atoms with Crippen LogP contribution in [0.25, 0.3) is 0 Å². The van der Waals surface area contributed by atoms with Crippen molar-refractivity contribution in [2.75, 3.05) is 7.11 Å². The van der Waals surface area contributed by atoms with E-state index >= 15 is 0 Å². The molecule has 1 N–H and O–H groups in total. The minimum atomic E-state index is -0.643. The molecular formula is C16H19NO2. The summed E-state index contributed by atoms with van der Waals surface area (Å²) in [6, 6.07) is 11.7. The third kappa shape index (κ3) is 3.32. The highest BCUT2D eigenvalue weighted by molar-refractivity contribution is 5.32. The summed E-state index contributed by atoms with van der Waals surface area (Å²) in [5.41, 5.74) is 2.92. The number of aliphatic hydroxyl groups is 1. The predicted octanol–water partition coefficient (Wildman–Crippen LogP) is 3.12. The van der Waals surface area contributed by atoms with Gasteiger partial charge in [0.25, 0.3) is 0 Å². The minimum Gasteiger partial charge on any atom is -0.481 e. The van der Waals surface area contributed by atoms with Crippen molar-refractivity contribution in [1.29, 1.82) is 0 Å². The molecule has 100 valence electrons. The van der Waals surface area contributed by atoms with Gasteiger partial charge < -0.3 is 9.84 Å². The lowest BCUT2D eigenvalue weighted by atomic mass is 9.99. The molecule has 1 aromatic carbocycles. The van der Waals surface area contributed by atoms with E-state index in [2.05, 4.69) is 24.0 Å². The van der Waals surface area contributed by atoms with Crippen LogP contribution < -0.4 is 4.74 Å². The van der Waals surface area contributed by atoms with Gasteiger partial charge in [-0.3, -0.25) is 0 Å². The first kappa shape index (κ1) is 13.6. The SMILES string of the molecule is CCCc1cccc(C(O)c2ccc(OC)nc2)c1. The topological polar surface area (TPSA) is 42.4 Å². The van der Waals surface area contributed by atoms with Gasteiger partial charge in [0.1, 0.15) is 6.10 Å². The molecule has 0 radical (unpaired) electrons. The lowest BCUT2D eigenvalue weighted by Gasteiger charge is -2.12. The Hall–Kier alpha value is -1.87. The molecule has 0 bridgehead atoms. The summed E-state index contributed by atoms with van der Waals surface area (Å²) in [6.45, 7) is 2.15. The standard InChI is InChI=1S/C16H19NO2/c1-3-5-12-6-4-7-13(10-12)16(18)14-8-9-15(19-2)17-11-14/h4,6-11,16,18H,3,5H2,1-2H3. The third-order valence-corrected chi connectivity index (χ3v) is 3.09. The average Bonchev–Trinajstić information content (AvgIpc) is 2.47. The third-order valence-electron chi connectivity index (χ3n) is 3.09. The minimum absolute atomic E-state index is 0.552. The summed E-state index contributed by atoms with van der Waals surface area (Å²) < 4.78 is 5.01. The Morgan fingerprint density at radius 1 is 1.21 bits per heavy atom. The van der Waals surface area contributed by atoms with E-state index in [0.29, 0.717) is 5.88 Å². The van der Waals surface area contributed by atoms with Gasteiger partial charge in [0, 0.05) is 17.8 Å². The van der Waals surface area contributed by atoms with Crippen LogP contribution in [0, 0.1) is 0 Å². The van der Waals surface area contributed by atoms with Gasteiger partial charge in [0.2, 0.25) is 5.88 Å². The predicted molar refractivity (Wildman–Crippen MR) is 75.3 cm³/mol. The molecular weight excluding hydrogens is 238 g/mol. The van der Waals surface area contributed by atoms with Crippen molar-refractivity contribution in [3.63, 3.8) is 0 Å². The van der Waals surface area contributed by atoms with Crippen molar-refractivity contribution in [3.05, 3.63) is 59.3 Å². The van der Waals surface area contributed by atoms with Crippen molar-refractivity contribution < 1.29 is 9.84 Å². The Morgan fingerprint density at radius 3 is 2.68 bits per heavy atom. The highest BCUT2D eigenvalue weighted by Gasteiger charge is 2.11. The zero-order valence-electron chi connectivity index (χ0n) is 11.3. The number of ether oxygens (including phenoxy) is 1. The highest BCUT2D eigenvalue weighted by Crippen LogP contribution is 2.23. The molecule has 3 heteroatoms. The van der Waals surface area contributed by atoms with Crippen molar-refractivity contribution in [1.82, 2.24) is 4.98 Å². The van der Waals surface area contributed by atoms with Crippen LogP contribution in [0.3, 0.4) is 0 Å². The van der Waals surface area contributed by atoms with Crippen molar-refractivity contribution in [3.8, 4) is 5.88 Å². The molecule has 0 aliphatic heterocycles. The van der Waals surface area contributed by atoms with Crippen molar-refractivity contribution in [2.45, 2.75) is 25.9 Å². The van der Waals surface area contributed by atoms with Crippen LogP contribution in [-0.2, 0) is 6.42 Å². The molecule has 1 unspecified atom stereocenters. The van der Waals surface area contributed by atoms with Gasteiger partial charge in [-0.1, -0.05) is 37.6 Å². The first-order valence-corrected chi connectivity index (χ1v) is 6.51. The number of hydrogen-bond acceptors (Lipinski definition) is 3. The average molecular weight is 257 g/mol. The first-order chi connectivity index (χ1) is 9.24. The molecule has 3 nitrogen and oxygen atoms in total. The van der Waals surface area contributed by atoms with E-state index in [0.717, 1.165) is 24.0 Å². The van der Waals surface area contributed by atoms with Crippen LogP contribution in [-0.4, -0.2) is 17.2 Å². The number of aryl methyl sites for hydroxylation is 1. The fourth-order valence-corrected chi connectivity index (χ4v) is 2.07. The van der Waals surface area contributed by atoms with E-state index < -0.39 is 6.10 Å². The van der Waals surface area contributed by atoms with Crippen LogP contribution >= 0.6 is 0 Å². The Balaban J connectivity index is 2.22. The van der Waals surface area contributed by atoms with E-state index in [-0.39, 0.29) is 0 Å². The summed E-state index contributed by atoms with van der Waals surface area (Å²) in [7, 11) is 1.58.